The van der Waals surface area contributed by atoms with Crippen molar-refractivity contribution in [1.29, 1.82) is 0 Å². The summed E-state index contributed by atoms with van der Waals surface area (Å²) in [5.41, 5.74) is 2.93. The Morgan fingerprint density at radius 1 is 1.24 bits per heavy atom. The molecule has 2 rings (SSSR count). The number of aryl methyl sites for hydroxylation is 2. The summed E-state index contributed by atoms with van der Waals surface area (Å²) in [6, 6.07) is 4.43. The van der Waals surface area contributed by atoms with Crippen molar-refractivity contribution in [3.63, 3.8) is 0 Å². The van der Waals surface area contributed by atoms with Gasteiger partial charge in [0, 0.05) is 11.1 Å². The smallest absolute Gasteiger partial charge is 0.124 e. The van der Waals surface area contributed by atoms with Gasteiger partial charge in [-0.2, -0.15) is 0 Å². The molecule has 3 nitrogen and oxygen atoms in total. The van der Waals surface area contributed by atoms with Gasteiger partial charge < -0.3 is 14.5 Å². The fraction of sp³-hybridized carbons (Fsp3) is 0.412. The molecule has 1 aromatic heterocycles. The van der Waals surface area contributed by atoms with Gasteiger partial charge in [0.2, 0.25) is 0 Å². The lowest BCUT2D eigenvalue weighted by Crippen LogP contribution is -2.23. The molecule has 1 unspecified atom stereocenters. The third kappa shape index (κ3) is 2.95. The van der Waals surface area contributed by atoms with Gasteiger partial charge in [-0.05, 0) is 51.1 Å². The Hall–Kier alpha value is -1.81. The molecule has 0 radical (unpaired) electrons. The minimum absolute atomic E-state index is 0.155. The van der Waals surface area contributed by atoms with Crippen LogP contribution in [0.15, 0.2) is 22.6 Å². The molecule has 114 valence electrons. The number of halogens is 1. The average molecular weight is 291 g/mol. The van der Waals surface area contributed by atoms with Gasteiger partial charge in [-0.1, -0.05) is 6.92 Å². The number of hydrogen-bond donors (Lipinski definition) is 1. The second-order valence-electron chi connectivity index (χ2n) is 5.13. The standard InChI is InChI=1S/C17H22FNO2/c1-6-19-17(16-10(2)11(3)21-12(16)4)14-9-13(18)7-8-15(14)20-5/h7-9,17,19H,6H2,1-5H3. The van der Waals surface area contributed by atoms with Gasteiger partial charge in [-0.25, -0.2) is 4.39 Å². The van der Waals surface area contributed by atoms with Crippen LogP contribution in [0.5, 0.6) is 5.75 Å². The van der Waals surface area contributed by atoms with Crippen molar-refractivity contribution in [3.8, 4) is 5.75 Å². The van der Waals surface area contributed by atoms with E-state index in [9.17, 15) is 4.39 Å². The first kappa shape index (κ1) is 15.6. The predicted octanol–water partition coefficient (Wildman–Crippen LogP) is 4.05. The Labute approximate surface area is 125 Å². The lowest BCUT2D eigenvalue weighted by Gasteiger charge is -2.21. The maximum Gasteiger partial charge on any atom is 0.124 e. The molecule has 21 heavy (non-hydrogen) atoms. The maximum atomic E-state index is 13.7. The van der Waals surface area contributed by atoms with Crippen molar-refractivity contribution in [2.45, 2.75) is 33.7 Å². The molecule has 1 aromatic carbocycles. The van der Waals surface area contributed by atoms with Gasteiger partial charge in [0.1, 0.15) is 23.1 Å². The molecule has 1 N–H and O–H groups in total. The van der Waals surface area contributed by atoms with Crippen LogP contribution in [0.1, 0.15) is 41.2 Å². The summed E-state index contributed by atoms with van der Waals surface area (Å²) < 4.78 is 24.8. The normalized spacial score (nSPS) is 12.5. The van der Waals surface area contributed by atoms with Crippen molar-refractivity contribution in [1.82, 2.24) is 5.32 Å². The molecular formula is C17H22FNO2. The molecule has 2 aromatic rings. The fourth-order valence-corrected chi connectivity index (χ4v) is 2.74. The van der Waals surface area contributed by atoms with E-state index in [2.05, 4.69) is 5.32 Å². The van der Waals surface area contributed by atoms with Crippen molar-refractivity contribution >= 4 is 0 Å². The molecule has 0 amide bonds. The molecular weight excluding hydrogens is 269 g/mol. The minimum atomic E-state index is -0.274. The summed E-state index contributed by atoms with van der Waals surface area (Å²) in [6.07, 6.45) is 0. The minimum Gasteiger partial charge on any atom is -0.496 e. The number of hydrogen-bond acceptors (Lipinski definition) is 3. The Morgan fingerprint density at radius 3 is 2.48 bits per heavy atom. The van der Waals surface area contributed by atoms with Crippen molar-refractivity contribution < 1.29 is 13.5 Å². The lowest BCUT2D eigenvalue weighted by atomic mass is 9.94. The molecule has 0 bridgehead atoms. The number of ether oxygens (including phenoxy) is 1. The second-order valence-corrected chi connectivity index (χ2v) is 5.13. The largest absolute Gasteiger partial charge is 0.496 e. The zero-order chi connectivity index (χ0) is 15.6. The lowest BCUT2D eigenvalue weighted by molar-refractivity contribution is 0.402. The summed E-state index contributed by atoms with van der Waals surface area (Å²) in [7, 11) is 1.60. The number of benzene rings is 1. The van der Waals surface area contributed by atoms with Gasteiger partial charge in [-0.15, -0.1) is 0 Å². The summed E-state index contributed by atoms with van der Waals surface area (Å²) in [5, 5.41) is 3.41. The fourth-order valence-electron chi connectivity index (χ4n) is 2.74. The second kappa shape index (κ2) is 6.31. The summed E-state index contributed by atoms with van der Waals surface area (Å²) in [6.45, 7) is 8.68. The van der Waals surface area contributed by atoms with E-state index < -0.39 is 0 Å². The molecule has 1 atom stereocenters. The topological polar surface area (TPSA) is 34.4 Å². The summed E-state index contributed by atoms with van der Waals surface area (Å²) in [4.78, 5) is 0. The van der Waals surface area contributed by atoms with E-state index in [1.54, 1.807) is 13.2 Å². The van der Waals surface area contributed by atoms with Crippen LogP contribution in [-0.2, 0) is 0 Å². The van der Waals surface area contributed by atoms with Gasteiger partial charge in [-0.3, -0.25) is 0 Å². The molecule has 0 saturated carbocycles. The molecule has 1 heterocycles. The summed E-state index contributed by atoms with van der Waals surface area (Å²) in [5.74, 6) is 2.13. The number of nitrogens with one attached hydrogen (secondary N) is 1. The van der Waals surface area contributed by atoms with Crippen molar-refractivity contribution in [2.24, 2.45) is 0 Å². The molecule has 0 spiro atoms. The SMILES string of the molecule is CCNC(c1cc(F)ccc1OC)c1c(C)oc(C)c1C. The first-order chi connectivity index (χ1) is 9.99. The zero-order valence-electron chi connectivity index (χ0n) is 13.2. The van der Waals surface area contributed by atoms with Crippen LogP contribution in [-0.4, -0.2) is 13.7 Å². The highest BCUT2D eigenvalue weighted by atomic mass is 19.1. The van der Waals surface area contributed by atoms with E-state index in [0.717, 1.165) is 34.8 Å². The first-order valence-electron chi connectivity index (χ1n) is 7.12. The van der Waals surface area contributed by atoms with E-state index >= 15 is 0 Å². The van der Waals surface area contributed by atoms with E-state index in [0.29, 0.717) is 5.75 Å². The van der Waals surface area contributed by atoms with Gasteiger partial charge in [0.05, 0.1) is 13.2 Å². The van der Waals surface area contributed by atoms with Gasteiger partial charge in [0.25, 0.3) is 0 Å². The zero-order valence-corrected chi connectivity index (χ0v) is 13.2. The Kier molecular flexibility index (Phi) is 4.68. The van der Waals surface area contributed by atoms with E-state index in [1.165, 1.54) is 12.1 Å². The summed E-state index contributed by atoms with van der Waals surface area (Å²) >= 11 is 0. The van der Waals surface area contributed by atoms with Crippen LogP contribution in [0, 0.1) is 26.6 Å². The Morgan fingerprint density at radius 2 is 1.95 bits per heavy atom. The quantitative estimate of drug-likeness (QED) is 0.902. The Bertz CT molecular complexity index is 634. The molecule has 0 fully saturated rings. The molecule has 0 aliphatic rings. The van der Waals surface area contributed by atoms with Crippen LogP contribution in [0.2, 0.25) is 0 Å². The third-order valence-electron chi connectivity index (χ3n) is 3.82. The van der Waals surface area contributed by atoms with Crippen LogP contribution >= 0.6 is 0 Å². The number of rotatable bonds is 5. The van der Waals surface area contributed by atoms with E-state index in [-0.39, 0.29) is 11.9 Å². The van der Waals surface area contributed by atoms with E-state index in [1.807, 2.05) is 27.7 Å². The van der Waals surface area contributed by atoms with Gasteiger partial charge >= 0.3 is 0 Å². The molecule has 4 heteroatoms. The van der Waals surface area contributed by atoms with Gasteiger partial charge in [0.15, 0.2) is 0 Å². The molecule has 0 aliphatic heterocycles. The van der Waals surface area contributed by atoms with Crippen LogP contribution < -0.4 is 10.1 Å². The number of methoxy groups -OCH3 is 1. The predicted molar refractivity (Wildman–Crippen MR) is 81.4 cm³/mol. The van der Waals surface area contributed by atoms with Crippen LogP contribution in [0.25, 0.3) is 0 Å². The monoisotopic (exact) mass is 291 g/mol. The first-order valence-corrected chi connectivity index (χ1v) is 7.12. The van der Waals surface area contributed by atoms with Crippen molar-refractivity contribution in [3.05, 3.63) is 52.2 Å². The molecule has 0 saturated heterocycles. The third-order valence-corrected chi connectivity index (χ3v) is 3.82. The maximum absolute atomic E-state index is 13.7. The van der Waals surface area contributed by atoms with E-state index in [4.69, 9.17) is 9.15 Å². The van der Waals surface area contributed by atoms with Crippen LogP contribution in [0.3, 0.4) is 0 Å². The van der Waals surface area contributed by atoms with Crippen molar-refractivity contribution in [2.75, 3.05) is 13.7 Å². The highest BCUT2D eigenvalue weighted by molar-refractivity contribution is 5.46. The average Bonchev–Trinajstić information content (AvgIpc) is 2.70. The Balaban J connectivity index is 2.61. The number of furan rings is 1. The highest BCUT2D eigenvalue weighted by Gasteiger charge is 2.25. The highest BCUT2D eigenvalue weighted by Crippen LogP contribution is 2.36. The molecule has 0 aliphatic carbocycles. The van der Waals surface area contributed by atoms with Crippen LogP contribution in [0.4, 0.5) is 4.39 Å².